The van der Waals surface area contributed by atoms with Crippen LogP contribution in [0.1, 0.15) is 18.4 Å². The normalized spacial score (nSPS) is 15.6. The molecule has 2 aromatic carbocycles. The van der Waals surface area contributed by atoms with Crippen LogP contribution < -0.4 is 10.5 Å². The molecule has 0 bridgehead atoms. The lowest BCUT2D eigenvalue weighted by Crippen LogP contribution is -2.23. The van der Waals surface area contributed by atoms with E-state index in [4.69, 9.17) is 5.14 Å². The zero-order valence-electron chi connectivity index (χ0n) is 13.1. The Kier molecular flexibility index (Phi) is 4.21. The number of nitrogens with two attached hydrogens (primary N) is 1. The van der Waals surface area contributed by atoms with Crippen LogP contribution in [0, 0.1) is 15.9 Å². The fourth-order valence-electron chi connectivity index (χ4n) is 2.85. The van der Waals surface area contributed by atoms with Crippen molar-refractivity contribution in [3.8, 4) is 0 Å². The van der Waals surface area contributed by atoms with Gasteiger partial charge in [0.1, 0.15) is 10.7 Å². The average Bonchev–Trinajstić information content (AvgIpc) is 3.33. The van der Waals surface area contributed by atoms with Gasteiger partial charge in [0.2, 0.25) is 10.0 Å². The zero-order valence-corrected chi connectivity index (χ0v) is 13.9. The van der Waals surface area contributed by atoms with Gasteiger partial charge in [-0.2, -0.15) is 0 Å². The molecule has 132 valence electrons. The molecule has 1 saturated carbocycles. The van der Waals surface area contributed by atoms with E-state index in [0.717, 1.165) is 18.9 Å². The van der Waals surface area contributed by atoms with Gasteiger partial charge in [-0.25, -0.2) is 17.9 Å². The van der Waals surface area contributed by atoms with Crippen LogP contribution in [0.15, 0.2) is 47.4 Å². The highest BCUT2D eigenvalue weighted by molar-refractivity contribution is 7.89. The minimum Gasteiger partial charge on any atom is -0.383 e. The largest absolute Gasteiger partial charge is 0.383 e. The smallest absolute Gasteiger partial charge is 0.270 e. The number of hydrogen-bond donors (Lipinski definition) is 2. The van der Waals surface area contributed by atoms with Crippen LogP contribution >= 0.6 is 0 Å². The first-order valence-corrected chi connectivity index (χ1v) is 9.08. The van der Waals surface area contributed by atoms with Gasteiger partial charge in [-0.15, -0.1) is 0 Å². The van der Waals surface area contributed by atoms with E-state index in [9.17, 15) is 22.9 Å². The lowest BCUT2D eigenvalue weighted by molar-refractivity contribution is -0.385. The number of hydrogen-bond acceptors (Lipinski definition) is 5. The van der Waals surface area contributed by atoms with Crippen molar-refractivity contribution in [3.63, 3.8) is 0 Å². The van der Waals surface area contributed by atoms with E-state index in [2.05, 4.69) is 5.32 Å². The van der Waals surface area contributed by atoms with Gasteiger partial charge in [0.25, 0.3) is 5.69 Å². The molecule has 0 spiro atoms. The first kappa shape index (κ1) is 17.3. The molecule has 2 aromatic rings. The van der Waals surface area contributed by atoms with Crippen molar-refractivity contribution in [1.29, 1.82) is 0 Å². The Labute approximate surface area is 143 Å². The standard InChI is InChI=1S/C16H16FN3O4S/c17-13-4-2-1-3-12(13)16(7-8-16)10-19-14-6-5-11(20(21)22)9-15(14)25(18,23)24/h1-6,9,19H,7-8,10H2,(H2,18,23,24). The van der Waals surface area contributed by atoms with Gasteiger partial charge < -0.3 is 5.32 Å². The van der Waals surface area contributed by atoms with Crippen LogP contribution in [0.4, 0.5) is 15.8 Å². The molecule has 3 rings (SSSR count). The Morgan fingerprint density at radius 2 is 1.92 bits per heavy atom. The molecule has 7 nitrogen and oxygen atoms in total. The molecule has 0 heterocycles. The highest BCUT2D eigenvalue weighted by Gasteiger charge is 2.45. The summed E-state index contributed by atoms with van der Waals surface area (Å²) in [7, 11) is -4.15. The topological polar surface area (TPSA) is 115 Å². The molecule has 9 heteroatoms. The summed E-state index contributed by atoms with van der Waals surface area (Å²) >= 11 is 0. The maximum Gasteiger partial charge on any atom is 0.270 e. The molecule has 1 aliphatic rings. The van der Waals surface area contributed by atoms with Gasteiger partial charge in [-0.05, 0) is 30.5 Å². The van der Waals surface area contributed by atoms with Crippen LogP contribution in [0.25, 0.3) is 0 Å². The minimum atomic E-state index is -4.15. The number of halogens is 1. The number of nitro benzene ring substituents is 1. The highest BCUT2D eigenvalue weighted by Crippen LogP contribution is 2.49. The van der Waals surface area contributed by atoms with Crippen molar-refractivity contribution in [2.24, 2.45) is 5.14 Å². The van der Waals surface area contributed by atoms with Crippen LogP contribution in [0.5, 0.6) is 0 Å². The summed E-state index contributed by atoms with van der Waals surface area (Å²) in [4.78, 5) is 9.80. The van der Waals surface area contributed by atoms with Crippen molar-refractivity contribution in [3.05, 3.63) is 64.0 Å². The first-order chi connectivity index (χ1) is 11.7. The van der Waals surface area contributed by atoms with E-state index in [1.54, 1.807) is 18.2 Å². The minimum absolute atomic E-state index is 0.163. The van der Waals surface area contributed by atoms with E-state index < -0.39 is 20.4 Å². The molecule has 0 aromatic heterocycles. The van der Waals surface area contributed by atoms with E-state index in [-0.39, 0.29) is 22.1 Å². The molecule has 0 atom stereocenters. The van der Waals surface area contributed by atoms with Gasteiger partial charge in [-0.3, -0.25) is 10.1 Å². The predicted octanol–water partition coefficient (Wildman–Crippen LogP) is 2.53. The van der Waals surface area contributed by atoms with Gasteiger partial charge >= 0.3 is 0 Å². The van der Waals surface area contributed by atoms with Crippen LogP contribution in [0.2, 0.25) is 0 Å². The zero-order chi connectivity index (χ0) is 18.2. The highest BCUT2D eigenvalue weighted by atomic mass is 32.2. The predicted molar refractivity (Wildman–Crippen MR) is 90.3 cm³/mol. The molecule has 0 aliphatic heterocycles. The fourth-order valence-corrected chi connectivity index (χ4v) is 3.59. The van der Waals surface area contributed by atoms with Gasteiger partial charge in [0.15, 0.2) is 0 Å². The second-order valence-electron chi connectivity index (χ2n) is 6.10. The quantitative estimate of drug-likeness (QED) is 0.603. The average molecular weight is 365 g/mol. The molecular formula is C16H16FN3O4S. The SMILES string of the molecule is NS(=O)(=O)c1cc([N+](=O)[O-])ccc1NCC1(c2ccccc2F)CC1. The molecule has 0 radical (unpaired) electrons. The Balaban J connectivity index is 1.89. The van der Waals surface area contributed by atoms with Crippen molar-refractivity contribution in [1.82, 2.24) is 0 Å². The second-order valence-corrected chi connectivity index (χ2v) is 7.63. The third-order valence-corrected chi connectivity index (χ3v) is 5.35. The lowest BCUT2D eigenvalue weighted by Gasteiger charge is -2.19. The van der Waals surface area contributed by atoms with E-state index in [1.165, 1.54) is 18.2 Å². The number of anilines is 1. The number of non-ortho nitro benzene ring substituents is 1. The summed E-state index contributed by atoms with van der Waals surface area (Å²) in [5.74, 6) is -0.308. The summed E-state index contributed by atoms with van der Waals surface area (Å²) in [6, 6.07) is 9.87. The van der Waals surface area contributed by atoms with Crippen molar-refractivity contribution >= 4 is 21.4 Å². The third kappa shape index (κ3) is 3.47. The molecule has 3 N–H and O–H groups in total. The monoisotopic (exact) mass is 365 g/mol. The molecule has 1 aliphatic carbocycles. The maximum atomic E-state index is 14.0. The van der Waals surface area contributed by atoms with E-state index in [1.807, 2.05) is 0 Å². The number of primary sulfonamides is 1. The summed E-state index contributed by atoms with van der Waals surface area (Å²) in [6.07, 6.45) is 1.53. The Morgan fingerprint density at radius 1 is 1.24 bits per heavy atom. The number of sulfonamides is 1. The molecule has 0 unspecified atom stereocenters. The Bertz CT molecular complexity index is 942. The summed E-state index contributed by atoms with van der Waals surface area (Å²) in [5, 5.41) is 19.0. The van der Waals surface area contributed by atoms with Gasteiger partial charge in [0.05, 0.1) is 10.6 Å². The number of benzene rings is 2. The molecule has 25 heavy (non-hydrogen) atoms. The Morgan fingerprint density at radius 3 is 2.48 bits per heavy atom. The summed E-state index contributed by atoms with van der Waals surface area (Å²) in [5.41, 5.74) is -0.0509. The maximum absolute atomic E-state index is 14.0. The third-order valence-electron chi connectivity index (χ3n) is 4.40. The van der Waals surface area contributed by atoms with Crippen molar-refractivity contribution in [2.45, 2.75) is 23.2 Å². The van der Waals surface area contributed by atoms with E-state index >= 15 is 0 Å². The number of nitrogens with one attached hydrogen (secondary N) is 1. The molecule has 0 saturated heterocycles. The summed E-state index contributed by atoms with van der Waals surface area (Å²) in [6.45, 7) is 0.300. The first-order valence-electron chi connectivity index (χ1n) is 7.53. The Hall–Kier alpha value is -2.52. The molecule has 1 fully saturated rings. The lowest BCUT2D eigenvalue weighted by atomic mass is 9.95. The number of nitrogens with zero attached hydrogens (tertiary/aromatic N) is 1. The molecule has 0 amide bonds. The fraction of sp³-hybridized carbons (Fsp3) is 0.250. The molecular weight excluding hydrogens is 349 g/mol. The second kappa shape index (κ2) is 6.08. The van der Waals surface area contributed by atoms with Crippen LogP contribution in [0.3, 0.4) is 0 Å². The van der Waals surface area contributed by atoms with Crippen LogP contribution in [-0.2, 0) is 15.4 Å². The summed E-state index contributed by atoms with van der Waals surface area (Å²) < 4.78 is 37.5. The number of rotatable bonds is 6. The van der Waals surface area contributed by atoms with E-state index in [0.29, 0.717) is 12.1 Å². The van der Waals surface area contributed by atoms with Crippen molar-refractivity contribution < 1.29 is 17.7 Å². The van der Waals surface area contributed by atoms with Crippen molar-refractivity contribution in [2.75, 3.05) is 11.9 Å². The van der Waals surface area contributed by atoms with Gasteiger partial charge in [-0.1, -0.05) is 18.2 Å². The van der Waals surface area contributed by atoms with Gasteiger partial charge in [0, 0.05) is 24.1 Å². The van der Waals surface area contributed by atoms with Crippen LogP contribution in [-0.4, -0.2) is 19.9 Å². The number of nitro groups is 1.